The second-order valence-electron chi connectivity index (χ2n) is 4.24. The summed E-state index contributed by atoms with van der Waals surface area (Å²) >= 11 is 10.5. The summed E-state index contributed by atoms with van der Waals surface area (Å²) < 4.78 is 27.7. The average molecular weight is 313 g/mol. The first-order chi connectivity index (χ1) is 9.40. The summed E-state index contributed by atoms with van der Waals surface area (Å²) in [5.74, 6) is -2.08. The molecule has 104 valence electrons. The first-order valence-corrected chi connectivity index (χ1v) is 6.49. The van der Waals surface area contributed by atoms with Gasteiger partial charge in [-0.1, -0.05) is 23.8 Å². The van der Waals surface area contributed by atoms with E-state index in [2.05, 4.69) is 17.5 Å². The van der Waals surface area contributed by atoms with Crippen LogP contribution in [0, 0.1) is 18.6 Å². The maximum atomic E-state index is 13.9. The van der Waals surface area contributed by atoms with Gasteiger partial charge in [-0.2, -0.15) is 0 Å². The minimum atomic E-state index is -1.06. The maximum Gasteiger partial charge on any atom is 0.182 e. The number of hydrogen-bond acceptors (Lipinski definition) is 2. The molecule has 0 aromatic heterocycles. The van der Waals surface area contributed by atoms with Crippen LogP contribution in [-0.2, 0) is 0 Å². The van der Waals surface area contributed by atoms with Gasteiger partial charge in [-0.3, -0.25) is 0 Å². The number of halogens is 3. The van der Waals surface area contributed by atoms with Gasteiger partial charge in [0.1, 0.15) is 4.99 Å². The zero-order valence-electron chi connectivity index (χ0n) is 10.5. The number of hydrogen-bond donors (Lipinski definition) is 2. The standard InChI is InChI=1S/C14H11ClF2N2S/c1-7-6-8(15)2-4-10(7)19-11-5-3-9(14(18)20)12(16)13(11)17/h2-6,19H,1H3,(H2,18,20). The predicted octanol–water partition coefficient (Wildman–Crippen LogP) is 4.30. The van der Waals surface area contributed by atoms with Crippen molar-refractivity contribution >= 4 is 40.2 Å². The Morgan fingerprint density at radius 3 is 2.40 bits per heavy atom. The third-order valence-corrected chi connectivity index (χ3v) is 3.26. The molecule has 0 fully saturated rings. The Balaban J connectivity index is 2.39. The van der Waals surface area contributed by atoms with E-state index in [1.807, 2.05) is 6.92 Å². The Hall–Kier alpha value is -1.72. The lowest BCUT2D eigenvalue weighted by Gasteiger charge is -2.12. The van der Waals surface area contributed by atoms with Gasteiger partial charge in [0.25, 0.3) is 0 Å². The fourth-order valence-corrected chi connectivity index (χ4v) is 2.13. The predicted molar refractivity (Wildman–Crippen MR) is 81.7 cm³/mol. The molecule has 0 heterocycles. The number of benzene rings is 2. The molecule has 6 heteroatoms. The minimum absolute atomic E-state index is 0.00734. The molecule has 2 aromatic rings. The zero-order chi connectivity index (χ0) is 14.9. The van der Waals surface area contributed by atoms with Crippen molar-refractivity contribution in [2.45, 2.75) is 6.92 Å². The fraction of sp³-hybridized carbons (Fsp3) is 0.0714. The van der Waals surface area contributed by atoms with Gasteiger partial charge >= 0.3 is 0 Å². The molecule has 0 aliphatic rings. The Kier molecular flexibility index (Phi) is 4.20. The first kappa shape index (κ1) is 14.7. The van der Waals surface area contributed by atoms with Crippen LogP contribution in [0.4, 0.5) is 20.2 Å². The summed E-state index contributed by atoms with van der Waals surface area (Å²) in [6.45, 7) is 1.81. The molecule has 0 saturated carbocycles. The van der Waals surface area contributed by atoms with E-state index >= 15 is 0 Å². The van der Waals surface area contributed by atoms with E-state index in [0.29, 0.717) is 10.7 Å². The SMILES string of the molecule is Cc1cc(Cl)ccc1Nc1ccc(C(N)=S)c(F)c1F. The van der Waals surface area contributed by atoms with Crippen LogP contribution >= 0.6 is 23.8 Å². The Bertz CT molecular complexity index is 689. The molecule has 2 nitrogen and oxygen atoms in total. The van der Waals surface area contributed by atoms with Crippen LogP contribution in [0.15, 0.2) is 30.3 Å². The highest BCUT2D eigenvalue weighted by Gasteiger charge is 2.15. The molecule has 0 saturated heterocycles. The monoisotopic (exact) mass is 312 g/mol. The van der Waals surface area contributed by atoms with Gasteiger partial charge in [0, 0.05) is 16.3 Å². The van der Waals surface area contributed by atoms with Crippen molar-refractivity contribution < 1.29 is 8.78 Å². The highest BCUT2D eigenvalue weighted by molar-refractivity contribution is 7.80. The Labute approximate surface area is 125 Å². The Morgan fingerprint density at radius 2 is 1.80 bits per heavy atom. The number of nitrogens with one attached hydrogen (secondary N) is 1. The molecular formula is C14H11ClF2N2S. The molecule has 0 radical (unpaired) electrons. The number of thiocarbonyl (C=S) groups is 1. The van der Waals surface area contributed by atoms with E-state index in [-0.39, 0.29) is 16.2 Å². The van der Waals surface area contributed by atoms with Crippen LogP contribution in [0.5, 0.6) is 0 Å². The number of anilines is 2. The third kappa shape index (κ3) is 2.89. The van der Waals surface area contributed by atoms with E-state index in [0.717, 1.165) is 5.56 Å². The molecule has 0 atom stereocenters. The van der Waals surface area contributed by atoms with E-state index in [9.17, 15) is 8.78 Å². The molecule has 2 rings (SSSR count). The lowest BCUT2D eigenvalue weighted by molar-refractivity contribution is 0.510. The summed E-state index contributed by atoms with van der Waals surface area (Å²) in [5, 5.41) is 3.39. The van der Waals surface area contributed by atoms with Crippen LogP contribution in [0.2, 0.25) is 5.02 Å². The lowest BCUT2D eigenvalue weighted by Crippen LogP contribution is -2.13. The van der Waals surface area contributed by atoms with Crippen molar-refractivity contribution in [3.63, 3.8) is 0 Å². The normalized spacial score (nSPS) is 10.4. The summed E-state index contributed by atoms with van der Waals surface area (Å²) in [5.41, 5.74) is 6.66. The molecule has 20 heavy (non-hydrogen) atoms. The summed E-state index contributed by atoms with van der Waals surface area (Å²) in [6.07, 6.45) is 0. The van der Waals surface area contributed by atoms with Crippen molar-refractivity contribution in [1.82, 2.24) is 0 Å². The van der Waals surface area contributed by atoms with E-state index in [1.54, 1.807) is 18.2 Å². The van der Waals surface area contributed by atoms with Gasteiger partial charge < -0.3 is 11.1 Å². The second-order valence-corrected chi connectivity index (χ2v) is 5.11. The lowest BCUT2D eigenvalue weighted by atomic mass is 10.1. The summed E-state index contributed by atoms with van der Waals surface area (Å²) in [6, 6.07) is 7.81. The summed E-state index contributed by atoms with van der Waals surface area (Å²) in [4.78, 5) is -0.185. The molecule has 0 aliphatic carbocycles. The molecule has 0 bridgehead atoms. The highest BCUT2D eigenvalue weighted by Crippen LogP contribution is 2.27. The third-order valence-electron chi connectivity index (χ3n) is 2.81. The molecule has 3 N–H and O–H groups in total. The van der Waals surface area contributed by atoms with E-state index in [1.165, 1.54) is 12.1 Å². The maximum absolute atomic E-state index is 13.9. The second kappa shape index (κ2) is 5.73. The van der Waals surface area contributed by atoms with E-state index < -0.39 is 11.6 Å². The minimum Gasteiger partial charge on any atom is -0.389 e. The number of aryl methyl sites for hydroxylation is 1. The topological polar surface area (TPSA) is 38.0 Å². The molecule has 0 amide bonds. The number of nitrogens with two attached hydrogens (primary N) is 1. The van der Waals surface area contributed by atoms with Gasteiger partial charge in [-0.15, -0.1) is 0 Å². The van der Waals surface area contributed by atoms with Gasteiger partial charge in [-0.25, -0.2) is 8.78 Å². The van der Waals surface area contributed by atoms with Gasteiger partial charge in [0.2, 0.25) is 0 Å². The van der Waals surface area contributed by atoms with Crippen LogP contribution in [0.1, 0.15) is 11.1 Å². The number of rotatable bonds is 3. The van der Waals surface area contributed by atoms with Crippen molar-refractivity contribution in [2.24, 2.45) is 5.73 Å². The summed E-state index contributed by atoms with van der Waals surface area (Å²) in [7, 11) is 0. The van der Waals surface area contributed by atoms with Crippen LogP contribution in [0.3, 0.4) is 0 Å². The van der Waals surface area contributed by atoms with Crippen molar-refractivity contribution in [3.8, 4) is 0 Å². The molecular weight excluding hydrogens is 302 g/mol. The largest absolute Gasteiger partial charge is 0.389 e. The molecule has 0 unspecified atom stereocenters. The van der Waals surface area contributed by atoms with Crippen molar-refractivity contribution in [1.29, 1.82) is 0 Å². The van der Waals surface area contributed by atoms with Crippen LogP contribution < -0.4 is 11.1 Å². The molecule has 2 aromatic carbocycles. The average Bonchev–Trinajstić information content (AvgIpc) is 2.37. The first-order valence-electron chi connectivity index (χ1n) is 5.71. The fourth-order valence-electron chi connectivity index (χ4n) is 1.75. The smallest absolute Gasteiger partial charge is 0.182 e. The molecule has 0 spiro atoms. The van der Waals surface area contributed by atoms with Crippen LogP contribution in [0.25, 0.3) is 0 Å². The molecule has 0 aliphatic heterocycles. The van der Waals surface area contributed by atoms with E-state index in [4.69, 9.17) is 17.3 Å². The van der Waals surface area contributed by atoms with Gasteiger partial charge in [-0.05, 0) is 42.8 Å². The van der Waals surface area contributed by atoms with Crippen LogP contribution in [-0.4, -0.2) is 4.99 Å². The van der Waals surface area contributed by atoms with Gasteiger partial charge in [0.15, 0.2) is 11.6 Å². The zero-order valence-corrected chi connectivity index (χ0v) is 12.1. The van der Waals surface area contributed by atoms with Gasteiger partial charge in [0.05, 0.1) is 5.69 Å². The quantitative estimate of drug-likeness (QED) is 0.830. The van der Waals surface area contributed by atoms with Crippen molar-refractivity contribution in [2.75, 3.05) is 5.32 Å². The highest BCUT2D eigenvalue weighted by atomic mass is 35.5. The van der Waals surface area contributed by atoms with Crippen molar-refractivity contribution in [3.05, 3.63) is 58.1 Å². The Morgan fingerprint density at radius 1 is 1.15 bits per heavy atom.